The number of ether oxygens (including phenoxy) is 2. The molecular weight excluding hydrogens is 316 g/mol. The van der Waals surface area contributed by atoms with Gasteiger partial charge in [-0.1, -0.05) is 32.9 Å². The Labute approximate surface area is 148 Å². The quantitative estimate of drug-likeness (QED) is 0.889. The van der Waals surface area contributed by atoms with Gasteiger partial charge in [-0.15, -0.1) is 0 Å². The van der Waals surface area contributed by atoms with Gasteiger partial charge in [0.25, 0.3) is 0 Å². The molecule has 5 heteroatoms. The maximum Gasteiger partial charge on any atom is 0.243 e. The Morgan fingerprint density at radius 1 is 0.960 bits per heavy atom. The topological polar surface area (TPSA) is 59.6 Å². The minimum absolute atomic E-state index is 0.114. The van der Waals surface area contributed by atoms with Gasteiger partial charge in [-0.05, 0) is 35.2 Å². The van der Waals surface area contributed by atoms with E-state index in [0.29, 0.717) is 30.4 Å². The smallest absolute Gasteiger partial charge is 0.243 e. The van der Waals surface area contributed by atoms with Crippen LogP contribution in [0.15, 0.2) is 42.5 Å². The summed E-state index contributed by atoms with van der Waals surface area (Å²) in [4.78, 5) is 12.1. The first kappa shape index (κ1) is 17.1. The van der Waals surface area contributed by atoms with E-state index in [1.165, 1.54) is 5.56 Å². The van der Waals surface area contributed by atoms with Gasteiger partial charge in [-0.2, -0.15) is 0 Å². The van der Waals surface area contributed by atoms with Gasteiger partial charge < -0.3 is 20.1 Å². The number of hydrogen-bond acceptors (Lipinski definition) is 4. The lowest BCUT2D eigenvalue weighted by Crippen LogP contribution is -2.22. The second kappa shape index (κ2) is 7.05. The number of hydrogen-bond donors (Lipinski definition) is 2. The van der Waals surface area contributed by atoms with Crippen LogP contribution in [0.2, 0.25) is 0 Å². The van der Waals surface area contributed by atoms with Crippen molar-refractivity contribution in [1.82, 2.24) is 0 Å². The summed E-state index contributed by atoms with van der Waals surface area (Å²) in [6.45, 7) is 7.80. The molecule has 1 aliphatic heterocycles. The predicted octanol–water partition coefficient (Wildman–Crippen LogP) is 3.81. The van der Waals surface area contributed by atoms with Crippen molar-refractivity contribution in [1.29, 1.82) is 0 Å². The van der Waals surface area contributed by atoms with E-state index < -0.39 is 0 Å². The maximum atomic E-state index is 12.1. The van der Waals surface area contributed by atoms with Crippen LogP contribution in [0.3, 0.4) is 0 Å². The largest absolute Gasteiger partial charge is 0.486 e. The highest BCUT2D eigenvalue weighted by Gasteiger charge is 2.14. The molecule has 0 unspecified atom stereocenters. The minimum Gasteiger partial charge on any atom is -0.486 e. The first-order chi connectivity index (χ1) is 11.9. The van der Waals surface area contributed by atoms with Crippen molar-refractivity contribution in [3.63, 3.8) is 0 Å². The van der Waals surface area contributed by atoms with Crippen LogP contribution in [-0.4, -0.2) is 25.7 Å². The zero-order chi connectivity index (χ0) is 17.9. The Kier molecular flexibility index (Phi) is 4.83. The number of anilines is 2. The number of carbonyl (C=O) groups is 1. The monoisotopic (exact) mass is 340 g/mol. The average Bonchev–Trinajstić information content (AvgIpc) is 2.59. The molecule has 0 saturated heterocycles. The zero-order valence-corrected chi connectivity index (χ0v) is 14.9. The molecule has 0 saturated carbocycles. The van der Waals surface area contributed by atoms with Crippen molar-refractivity contribution in [3.8, 4) is 11.5 Å². The molecule has 2 N–H and O–H groups in total. The van der Waals surface area contributed by atoms with Gasteiger partial charge in [0, 0.05) is 17.4 Å². The first-order valence-electron chi connectivity index (χ1n) is 8.46. The first-order valence-corrected chi connectivity index (χ1v) is 8.46. The highest BCUT2D eigenvalue weighted by molar-refractivity contribution is 5.94. The number of fused-ring (bicyclic) bond motifs is 1. The Balaban J connectivity index is 1.54. The molecule has 1 aliphatic rings. The third-order valence-corrected chi connectivity index (χ3v) is 4.03. The summed E-state index contributed by atoms with van der Waals surface area (Å²) >= 11 is 0. The number of benzene rings is 2. The van der Waals surface area contributed by atoms with E-state index in [1.54, 1.807) is 6.07 Å². The fraction of sp³-hybridized carbons (Fsp3) is 0.350. The summed E-state index contributed by atoms with van der Waals surface area (Å²) in [7, 11) is 0. The van der Waals surface area contributed by atoms with Crippen molar-refractivity contribution < 1.29 is 14.3 Å². The van der Waals surface area contributed by atoms with Crippen LogP contribution in [0.5, 0.6) is 11.5 Å². The van der Waals surface area contributed by atoms with Gasteiger partial charge in [0.2, 0.25) is 5.91 Å². The normalized spacial score (nSPS) is 13.2. The highest BCUT2D eigenvalue weighted by Crippen LogP contribution is 2.32. The summed E-state index contributed by atoms with van der Waals surface area (Å²) in [5.41, 5.74) is 3.00. The lowest BCUT2D eigenvalue weighted by molar-refractivity contribution is -0.114. The molecule has 0 fully saturated rings. The summed E-state index contributed by atoms with van der Waals surface area (Å²) in [6.07, 6.45) is 0. The van der Waals surface area contributed by atoms with Crippen molar-refractivity contribution >= 4 is 17.3 Å². The number of amides is 1. The highest BCUT2D eigenvalue weighted by atomic mass is 16.6. The molecule has 0 aliphatic carbocycles. The lowest BCUT2D eigenvalue weighted by Gasteiger charge is -2.19. The SMILES string of the molecule is CC(C)(C)c1ccc(NCC(=O)Nc2ccc3c(c2)OCCO3)cc1. The van der Waals surface area contributed by atoms with E-state index in [1.807, 2.05) is 24.3 Å². The van der Waals surface area contributed by atoms with E-state index >= 15 is 0 Å². The van der Waals surface area contributed by atoms with Crippen LogP contribution in [0.25, 0.3) is 0 Å². The second-order valence-corrected chi connectivity index (χ2v) is 7.09. The van der Waals surface area contributed by atoms with Gasteiger partial charge in [-0.25, -0.2) is 0 Å². The third kappa shape index (κ3) is 4.44. The van der Waals surface area contributed by atoms with Gasteiger partial charge in [0.15, 0.2) is 11.5 Å². The Hall–Kier alpha value is -2.69. The second-order valence-electron chi connectivity index (χ2n) is 7.09. The summed E-state index contributed by atoms with van der Waals surface area (Å²) in [5.74, 6) is 1.26. The van der Waals surface area contributed by atoms with E-state index in [-0.39, 0.29) is 17.9 Å². The minimum atomic E-state index is -0.114. The molecule has 0 atom stereocenters. The molecule has 2 aromatic carbocycles. The third-order valence-electron chi connectivity index (χ3n) is 4.03. The van der Waals surface area contributed by atoms with Crippen molar-refractivity contribution in [2.75, 3.05) is 30.4 Å². The van der Waals surface area contributed by atoms with Gasteiger partial charge in [0.1, 0.15) is 13.2 Å². The Morgan fingerprint density at radius 3 is 2.28 bits per heavy atom. The van der Waals surface area contributed by atoms with Crippen LogP contribution in [0, 0.1) is 0 Å². The molecule has 3 rings (SSSR count). The van der Waals surface area contributed by atoms with E-state index in [2.05, 4.69) is 43.5 Å². The van der Waals surface area contributed by atoms with Crippen LogP contribution in [0.1, 0.15) is 26.3 Å². The molecule has 1 amide bonds. The molecule has 1 heterocycles. The van der Waals surface area contributed by atoms with Crippen LogP contribution in [0.4, 0.5) is 11.4 Å². The van der Waals surface area contributed by atoms with E-state index in [9.17, 15) is 4.79 Å². The van der Waals surface area contributed by atoms with Crippen LogP contribution < -0.4 is 20.1 Å². The fourth-order valence-electron chi connectivity index (χ4n) is 2.60. The fourth-order valence-corrected chi connectivity index (χ4v) is 2.60. The maximum absolute atomic E-state index is 12.1. The standard InChI is InChI=1S/C20H24N2O3/c1-20(2,3)14-4-6-15(7-5-14)21-13-19(23)22-16-8-9-17-18(12-16)25-11-10-24-17/h4-9,12,21H,10-11,13H2,1-3H3,(H,22,23). The molecule has 0 radical (unpaired) electrons. The number of rotatable bonds is 4. The Bertz CT molecular complexity index is 749. The molecule has 2 aromatic rings. The average molecular weight is 340 g/mol. The molecule has 0 bridgehead atoms. The zero-order valence-electron chi connectivity index (χ0n) is 14.9. The van der Waals surface area contributed by atoms with Crippen LogP contribution >= 0.6 is 0 Å². The summed E-state index contributed by atoms with van der Waals surface area (Å²) in [6, 6.07) is 13.6. The molecule has 0 spiro atoms. The van der Waals surface area contributed by atoms with Crippen LogP contribution in [-0.2, 0) is 10.2 Å². The predicted molar refractivity (Wildman–Crippen MR) is 99.7 cm³/mol. The van der Waals surface area contributed by atoms with Gasteiger partial charge in [-0.3, -0.25) is 4.79 Å². The summed E-state index contributed by atoms with van der Waals surface area (Å²) in [5, 5.41) is 6.00. The summed E-state index contributed by atoms with van der Waals surface area (Å²) < 4.78 is 11.0. The molecule has 0 aromatic heterocycles. The number of nitrogens with one attached hydrogen (secondary N) is 2. The van der Waals surface area contributed by atoms with Crippen molar-refractivity contribution in [2.24, 2.45) is 0 Å². The molecule has 5 nitrogen and oxygen atoms in total. The molecule has 25 heavy (non-hydrogen) atoms. The number of carbonyl (C=O) groups excluding carboxylic acids is 1. The van der Waals surface area contributed by atoms with Crippen molar-refractivity contribution in [2.45, 2.75) is 26.2 Å². The van der Waals surface area contributed by atoms with E-state index in [0.717, 1.165) is 5.69 Å². The van der Waals surface area contributed by atoms with Gasteiger partial charge >= 0.3 is 0 Å². The molecule has 132 valence electrons. The van der Waals surface area contributed by atoms with Gasteiger partial charge in [0.05, 0.1) is 6.54 Å². The Morgan fingerprint density at radius 2 is 1.60 bits per heavy atom. The van der Waals surface area contributed by atoms with Crippen molar-refractivity contribution in [3.05, 3.63) is 48.0 Å². The lowest BCUT2D eigenvalue weighted by atomic mass is 9.87. The molecular formula is C20H24N2O3. The van der Waals surface area contributed by atoms with E-state index in [4.69, 9.17) is 9.47 Å².